The highest BCUT2D eigenvalue weighted by Crippen LogP contribution is 2.37. The van der Waals surface area contributed by atoms with Crippen LogP contribution in [0.5, 0.6) is 5.75 Å². The second kappa shape index (κ2) is 9.06. The van der Waals surface area contributed by atoms with Gasteiger partial charge in [0.2, 0.25) is 0 Å². The van der Waals surface area contributed by atoms with Gasteiger partial charge in [-0.05, 0) is 42.0 Å². The summed E-state index contributed by atoms with van der Waals surface area (Å²) in [6.07, 6.45) is 10.7. The van der Waals surface area contributed by atoms with E-state index in [-0.39, 0.29) is 6.10 Å². The van der Waals surface area contributed by atoms with E-state index in [2.05, 4.69) is 42.5 Å². The van der Waals surface area contributed by atoms with E-state index in [1.165, 1.54) is 17.6 Å². The highest BCUT2D eigenvalue weighted by Gasteiger charge is 2.28. The van der Waals surface area contributed by atoms with Crippen LogP contribution < -0.4 is 4.74 Å². The number of fused-ring (bicyclic) bond motifs is 1. The summed E-state index contributed by atoms with van der Waals surface area (Å²) >= 11 is 0. The van der Waals surface area contributed by atoms with Gasteiger partial charge in [-0.3, -0.25) is 0 Å². The number of ether oxygens (including phenoxy) is 1. The lowest BCUT2D eigenvalue weighted by Gasteiger charge is -2.15. The van der Waals surface area contributed by atoms with Crippen LogP contribution >= 0.6 is 0 Å². The van der Waals surface area contributed by atoms with E-state index in [4.69, 9.17) is 19.7 Å². The monoisotopic (exact) mass is 443 g/mol. The minimum Gasteiger partial charge on any atom is -0.482 e. The molecule has 0 saturated heterocycles. The molecule has 0 amide bonds. The standard InChI is InChI=1S/C30H25N3O/c1-2-5-13-21(12-4-1)24-17-9-10-18-25(24)29-31-28(22-14-6-3-7-15-22)32-30(33-29)27-20-23-16-8-11-19-26(23)34-27/h3-4,6-19,27H,1-2,5,20H2. The number of benzene rings is 3. The molecule has 4 heteroatoms. The van der Waals surface area contributed by atoms with Crippen LogP contribution in [0.25, 0.3) is 28.3 Å². The summed E-state index contributed by atoms with van der Waals surface area (Å²) in [4.78, 5) is 14.8. The molecular weight excluding hydrogens is 418 g/mol. The predicted molar refractivity (Wildman–Crippen MR) is 135 cm³/mol. The second-order valence-electron chi connectivity index (χ2n) is 8.66. The Labute approximate surface area is 199 Å². The quantitative estimate of drug-likeness (QED) is 0.340. The third-order valence-corrected chi connectivity index (χ3v) is 6.34. The molecular formula is C30H25N3O. The minimum atomic E-state index is -0.231. The lowest BCUT2D eigenvalue weighted by atomic mass is 9.98. The Morgan fingerprint density at radius 3 is 2.35 bits per heavy atom. The van der Waals surface area contributed by atoms with E-state index < -0.39 is 0 Å². The van der Waals surface area contributed by atoms with Crippen molar-refractivity contribution in [2.24, 2.45) is 0 Å². The smallest absolute Gasteiger partial charge is 0.174 e. The van der Waals surface area contributed by atoms with Gasteiger partial charge < -0.3 is 4.74 Å². The number of aromatic nitrogens is 3. The van der Waals surface area contributed by atoms with Crippen molar-refractivity contribution >= 4 is 5.57 Å². The molecule has 1 atom stereocenters. The molecule has 0 fully saturated rings. The van der Waals surface area contributed by atoms with Gasteiger partial charge in [-0.25, -0.2) is 15.0 Å². The minimum absolute atomic E-state index is 0.231. The number of hydrogen-bond donors (Lipinski definition) is 0. The van der Waals surface area contributed by atoms with Crippen LogP contribution in [-0.2, 0) is 6.42 Å². The first kappa shape index (κ1) is 20.5. The molecule has 6 rings (SSSR count). The Morgan fingerprint density at radius 1 is 0.706 bits per heavy atom. The molecule has 3 aromatic carbocycles. The molecule has 0 spiro atoms. The SMILES string of the molecule is C1=CC(c2ccccc2-c2nc(-c3ccccc3)nc(C3Cc4ccccc4O3)n2)=CCCC1. The zero-order valence-electron chi connectivity index (χ0n) is 18.9. The first-order chi connectivity index (χ1) is 16.8. The Balaban J connectivity index is 1.48. The Hall–Kier alpha value is -4.05. The topological polar surface area (TPSA) is 47.9 Å². The van der Waals surface area contributed by atoms with E-state index in [0.29, 0.717) is 17.5 Å². The average molecular weight is 444 g/mol. The molecule has 34 heavy (non-hydrogen) atoms. The van der Waals surface area contributed by atoms with Gasteiger partial charge in [0.25, 0.3) is 0 Å². The van der Waals surface area contributed by atoms with Crippen molar-refractivity contribution in [3.63, 3.8) is 0 Å². The second-order valence-corrected chi connectivity index (χ2v) is 8.66. The molecule has 0 saturated carbocycles. The van der Waals surface area contributed by atoms with Gasteiger partial charge in [-0.1, -0.05) is 91.0 Å². The molecule has 4 aromatic rings. The number of para-hydroxylation sites is 1. The Bertz CT molecular complexity index is 1370. The summed E-state index contributed by atoms with van der Waals surface area (Å²) in [5, 5.41) is 0. The van der Waals surface area contributed by atoms with Crippen molar-refractivity contribution < 1.29 is 4.74 Å². The number of rotatable bonds is 4. The maximum Gasteiger partial charge on any atom is 0.174 e. The van der Waals surface area contributed by atoms with Crippen molar-refractivity contribution in [1.82, 2.24) is 15.0 Å². The zero-order valence-corrected chi connectivity index (χ0v) is 18.9. The van der Waals surface area contributed by atoms with E-state index >= 15 is 0 Å². The van der Waals surface area contributed by atoms with Gasteiger partial charge in [0.05, 0.1) is 0 Å². The molecule has 2 heterocycles. The van der Waals surface area contributed by atoms with Crippen molar-refractivity contribution in [3.05, 3.63) is 114 Å². The van der Waals surface area contributed by atoms with E-state index in [0.717, 1.165) is 41.7 Å². The Morgan fingerprint density at radius 2 is 1.47 bits per heavy atom. The molecule has 4 nitrogen and oxygen atoms in total. The normalized spacial score (nSPS) is 16.9. The Kier molecular flexibility index (Phi) is 5.48. The largest absolute Gasteiger partial charge is 0.482 e. The molecule has 1 unspecified atom stereocenters. The van der Waals surface area contributed by atoms with Gasteiger partial charge in [-0.15, -0.1) is 0 Å². The van der Waals surface area contributed by atoms with Gasteiger partial charge in [0.15, 0.2) is 23.6 Å². The highest BCUT2D eigenvalue weighted by atomic mass is 16.5. The third-order valence-electron chi connectivity index (χ3n) is 6.34. The summed E-state index contributed by atoms with van der Waals surface area (Å²) in [5.74, 6) is 2.92. The van der Waals surface area contributed by atoms with Gasteiger partial charge in [-0.2, -0.15) is 0 Å². The molecule has 0 bridgehead atoms. The number of allylic oxidation sites excluding steroid dienone is 4. The molecule has 0 N–H and O–H groups in total. The summed E-state index contributed by atoms with van der Waals surface area (Å²) in [5.41, 5.74) is 5.53. The third kappa shape index (κ3) is 4.03. The molecule has 1 aliphatic heterocycles. The zero-order chi connectivity index (χ0) is 22.7. The fraction of sp³-hybridized carbons (Fsp3) is 0.167. The van der Waals surface area contributed by atoms with Crippen LogP contribution in [0.1, 0.15) is 42.3 Å². The van der Waals surface area contributed by atoms with Crippen LogP contribution in [0.4, 0.5) is 0 Å². The maximum atomic E-state index is 6.26. The fourth-order valence-electron chi connectivity index (χ4n) is 4.60. The number of nitrogens with zero attached hydrogens (tertiary/aromatic N) is 3. The first-order valence-electron chi connectivity index (χ1n) is 11.9. The van der Waals surface area contributed by atoms with E-state index in [9.17, 15) is 0 Å². The average Bonchev–Trinajstić information content (AvgIpc) is 3.16. The lowest BCUT2D eigenvalue weighted by molar-refractivity contribution is 0.227. The van der Waals surface area contributed by atoms with E-state index in [1.807, 2.05) is 54.6 Å². The predicted octanol–water partition coefficient (Wildman–Crippen LogP) is 7.01. The van der Waals surface area contributed by atoms with Crippen LogP contribution in [0.15, 0.2) is 97.1 Å². The molecule has 2 aliphatic rings. The van der Waals surface area contributed by atoms with Gasteiger partial charge in [0, 0.05) is 17.5 Å². The van der Waals surface area contributed by atoms with E-state index in [1.54, 1.807) is 0 Å². The first-order valence-corrected chi connectivity index (χ1v) is 11.9. The van der Waals surface area contributed by atoms with Crippen molar-refractivity contribution in [1.29, 1.82) is 0 Å². The molecule has 1 aliphatic carbocycles. The van der Waals surface area contributed by atoms with Crippen LogP contribution in [0.3, 0.4) is 0 Å². The van der Waals surface area contributed by atoms with Crippen LogP contribution in [-0.4, -0.2) is 15.0 Å². The van der Waals surface area contributed by atoms with Crippen molar-refractivity contribution in [2.75, 3.05) is 0 Å². The van der Waals surface area contributed by atoms with Gasteiger partial charge >= 0.3 is 0 Å². The summed E-state index contributed by atoms with van der Waals surface area (Å²) in [7, 11) is 0. The molecule has 0 radical (unpaired) electrons. The molecule has 166 valence electrons. The lowest BCUT2D eigenvalue weighted by Crippen LogP contribution is -2.12. The van der Waals surface area contributed by atoms with Crippen molar-refractivity contribution in [3.8, 4) is 28.5 Å². The van der Waals surface area contributed by atoms with Crippen LogP contribution in [0.2, 0.25) is 0 Å². The number of hydrogen-bond acceptors (Lipinski definition) is 4. The summed E-state index contributed by atoms with van der Waals surface area (Å²) < 4.78 is 6.26. The maximum absolute atomic E-state index is 6.26. The van der Waals surface area contributed by atoms with Gasteiger partial charge in [0.1, 0.15) is 5.75 Å². The van der Waals surface area contributed by atoms with Crippen molar-refractivity contribution in [2.45, 2.75) is 31.8 Å². The molecule has 1 aromatic heterocycles. The fourth-order valence-corrected chi connectivity index (χ4v) is 4.60. The summed E-state index contributed by atoms with van der Waals surface area (Å²) in [6, 6.07) is 26.6. The highest BCUT2D eigenvalue weighted by molar-refractivity contribution is 5.84. The van der Waals surface area contributed by atoms with Crippen LogP contribution in [0, 0.1) is 0 Å². The summed E-state index contributed by atoms with van der Waals surface area (Å²) in [6.45, 7) is 0.